The molecule has 1 saturated carbocycles. The van der Waals surface area contributed by atoms with Crippen LogP contribution >= 0.6 is 0 Å². The Kier molecular flexibility index (Phi) is 2.79. The van der Waals surface area contributed by atoms with Crippen molar-refractivity contribution in [3.05, 3.63) is 29.6 Å². The van der Waals surface area contributed by atoms with Crippen LogP contribution in [0.5, 0.6) is 0 Å². The van der Waals surface area contributed by atoms with Gasteiger partial charge in [-0.1, -0.05) is 25.7 Å². The molecule has 0 N–H and O–H groups in total. The Balaban J connectivity index is 1.97. The molecule has 3 rings (SSSR count). The second-order valence-electron chi connectivity index (χ2n) is 5.26. The molecule has 1 heterocycles. The van der Waals surface area contributed by atoms with E-state index in [9.17, 15) is 0 Å². The van der Waals surface area contributed by atoms with Crippen molar-refractivity contribution in [2.24, 2.45) is 13.0 Å². The molecule has 2 aromatic rings. The van der Waals surface area contributed by atoms with Crippen molar-refractivity contribution in [2.75, 3.05) is 0 Å². The van der Waals surface area contributed by atoms with Crippen LogP contribution in [0.15, 0.2) is 18.2 Å². The van der Waals surface area contributed by atoms with Crippen LogP contribution in [-0.4, -0.2) is 9.55 Å². The minimum atomic E-state index is 0.706. The van der Waals surface area contributed by atoms with Gasteiger partial charge in [0.2, 0.25) is 0 Å². The summed E-state index contributed by atoms with van der Waals surface area (Å²) in [7, 11) is 2.06. The lowest BCUT2D eigenvalue weighted by atomic mass is 10.0. The van der Waals surface area contributed by atoms with Crippen molar-refractivity contribution in [2.45, 2.75) is 32.1 Å². The number of hydrogen-bond donors (Lipinski definition) is 0. The van der Waals surface area contributed by atoms with Crippen molar-refractivity contribution < 1.29 is 0 Å². The summed E-state index contributed by atoms with van der Waals surface area (Å²) in [5.41, 5.74) is 2.78. The van der Waals surface area contributed by atoms with Gasteiger partial charge in [-0.3, -0.25) is 0 Å². The van der Waals surface area contributed by atoms with Gasteiger partial charge in [-0.25, -0.2) is 4.98 Å². The molecule has 18 heavy (non-hydrogen) atoms. The van der Waals surface area contributed by atoms with Crippen molar-refractivity contribution in [1.29, 1.82) is 5.26 Å². The van der Waals surface area contributed by atoms with E-state index < -0.39 is 0 Å². The molecule has 1 fully saturated rings. The van der Waals surface area contributed by atoms with E-state index in [-0.39, 0.29) is 0 Å². The predicted molar refractivity (Wildman–Crippen MR) is 71.1 cm³/mol. The SMILES string of the molecule is Cn1c(CC2CCCC2)nc2ccc(C#N)cc21. The number of aromatic nitrogens is 2. The molecule has 0 bridgehead atoms. The fraction of sp³-hybridized carbons (Fsp3) is 0.467. The Hall–Kier alpha value is -1.82. The molecule has 0 aliphatic heterocycles. The third-order valence-electron chi connectivity index (χ3n) is 4.05. The highest BCUT2D eigenvalue weighted by Crippen LogP contribution is 2.28. The quantitative estimate of drug-likeness (QED) is 0.807. The van der Waals surface area contributed by atoms with Crippen LogP contribution in [0.25, 0.3) is 11.0 Å². The molecule has 1 aromatic heterocycles. The van der Waals surface area contributed by atoms with E-state index in [1.165, 1.54) is 25.7 Å². The second-order valence-corrected chi connectivity index (χ2v) is 5.26. The van der Waals surface area contributed by atoms with E-state index in [1.807, 2.05) is 18.2 Å². The zero-order valence-electron chi connectivity index (χ0n) is 10.7. The fourth-order valence-corrected chi connectivity index (χ4v) is 2.96. The van der Waals surface area contributed by atoms with Crippen LogP contribution in [0.2, 0.25) is 0 Å². The average molecular weight is 239 g/mol. The normalized spacial score (nSPS) is 16.2. The maximum Gasteiger partial charge on any atom is 0.109 e. The summed E-state index contributed by atoms with van der Waals surface area (Å²) in [5.74, 6) is 1.96. The summed E-state index contributed by atoms with van der Waals surface area (Å²) in [6.07, 6.45) is 6.49. The maximum absolute atomic E-state index is 8.94. The standard InChI is InChI=1S/C15H17N3/c1-18-14-8-12(10-16)6-7-13(14)17-15(18)9-11-4-2-3-5-11/h6-8,11H,2-5,9H2,1H3. The number of rotatable bonds is 2. The second kappa shape index (κ2) is 4.45. The first-order chi connectivity index (χ1) is 8.78. The summed E-state index contributed by atoms with van der Waals surface area (Å²) in [6, 6.07) is 7.91. The number of fused-ring (bicyclic) bond motifs is 1. The van der Waals surface area contributed by atoms with Crippen LogP contribution in [0.3, 0.4) is 0 Å². The van der Waals surface area contributed by atoms with Crippen molar-refractivity contribution in [3.63, 3.8) is 0 Å². The van der Waals surface area contributed by atoms with Gasteiger partial charge < -0.3 is 4.57 Å². The molecule has 1 aliphatic rings. The van der Waals surface area contributed by atoms with Gasteiger partial charge in [0.15, 0.2) is 0 Å². The minimum absolute atomic E-state index is 0.706. The molecule has 0 unspecified atom stereocenters. The Morgan fingerprint density at radius 3 is 2.89 bits per heavy atom. The van der Waals surface area contributed by atoms with E-state index in [0.29, 0.717) is 5.56 Å². The molecule has 1 aromatic carbocycles. The van der Waals surface area contributed by atoms with Gasteiger partial charge in [0, 0.05) is 13.5 Å². The molecular weight excluding hydrogens is 222 g/mol. The fourth-order valence-electron chi connectivity index (χ4n) is 2.96. The van der Waals surface area contributed by atoms with Crippen molar-refractivity contribution in [1.82, 2.24) is 9.55 Å². The average Bonchev–Trinajstić information content (AvgIpc) is 2.99. The first-order valence-electron chi connectivity index (χ1n) is 6.63. The van der Waals surface area contributed by atoms with Gasteiger partial charge >= 0.3 is 0 Å². The molecule has 3 nitrogen and oxygen atoms in total. The summed E-state index contributed by atoms with van der Waals surface area (Å²) in [6.45, 7) is 0. The lowest BCUT2D eigenvalue weighted by Gasteiger charge is -2.08. The van der Waals surface area contributed by atoms with Crippen LogP contribution in [-0.2, 0) is 13.5 Å². The Morgan fingerprint density at radius 1 is 1.39 bits per heavy atom. The highest BCUT2D eigenvalue weighted by atomic mass is 15.1. The highest BCUT2D eigenvalue weighted by molar-refractivity contribution is 5.77. The first-order valence-corrected chi connectivity index (χ1v) is 6.63. The zero-order chi connectivity index (χ0) is 12.5. The molecule has 3 heteroatoms. The third-order valence-corrected chi connectivity index (χ3v) is 4.05. The Morgan fingerprint density at radius 2 is 2.17 bits per heavy atom. The number of benzene rings is 1. The first kappa shape index (κ1) is 11.3. The lowest BCUT2D eigenvalue weighted by Crippen LogP contribution is -2.05. The Labute approximate surface area is 107 Å². The summed E-state index contributed by atoms with van der Waals surface area (Å²) in [5, 5.41) is 8.94. The maximum atomic E-state index is 8.94. The van der Waals surface area contributed by atoms with Gasteiger partial charge in [0.1, 0.15) is 5.82 Å². The van der Waals surface area contributed by atoms with Crippen LogP contribution in [0.1, 0.15) is 37.1 Å². The van der Waals surface area contributed by atoms with Crippen LogP contribution in [0.4, 0.5) is 0 Å². The van der Waals surface area contributed by atoms with E-state index in [2.05, 4.69) is 17.7 Å². The molecule has 0 atom stereocenters. The minimum Gasteiger partial charge on any atom is -0.331 e. The molecule has 0 radical (unpaired) electrons. The summed E-state index contributed by atoms with van der Waals surface area (Å²) >= 11 is 0. The molecular formula is C15H17N3. The number of imidazole rings is 1. The topological polar surface area (TPSA) is 41.6 Å². The molecule has 1 aliphatic carbocycles. The van der Waals surface area contributed by atoms with Gasteiger partial charge in [0.25, 0.3) is 0 Å². The third kappa shape index (κ3) is 1.88. The van der Waals surface area contributed by atoms with Crippen LogP contribution in [0, 0.1) is 17.2 Å². The number of nitriles is 1. The van der Waals surface area contributed by atoms with E-state index in [4.69, 9.17) is 10.2 Å². The van der Waals surface area contributed by atoms with Crippen LogP contribution < -0.4 is 0 Å². The van der Waals surface area contributed by atoms with E-state index in [0.717, 1.165) is 29.2 Å². The number of hydrogen-bond acceptors (Lipinski definition) is 2. The summed E-state index contributed by atoms with van der Waals surface area (Å²) < 4.78 is 2.15. The smallest absolute Gasteiger partial charge is 0.109 e. The predicted octanol–water partition coefficient (Wildman–Crippen LogP) is 3.18. The van der Waals surface area contributed by atoms with Crippen molar-refractivity contribution >= 4 is 11.0 Å². The molecule has 0 spiro atoms. The number of aryl methyl sites for hydroxylation is 1. The largest absolute Gasteiger partial charge is 0.331 e. The monoisotopic (exact) mass is 239 g/mol. The highest BCUT2D eigenvalue weighted by Gasteiger charge is 2.18. The van der Waals surface area contributed by atoms with Gasteiger partial charge in [-0.2, -0.15) is 5.26 Å². The number of nitrogens with zero attached hydrogens (tertiary/aromatic N) is 3. The lowest BCUT2D eigenvalue weighted by molar-refractivity contribution is 0.522. The van der Waals surface area contributed by atoms with Gasteiger partial charge in [0.05, 0.1) is 22.7 Å². The Bertz CT molecular complexity index is 612. The zero-order valence-corrected chi connectivity index (χ0v) is 10.7. The van der Waals surface area contributed by atoms with E-state index >= 15 is 0 Å². The van der Waals surface area contributed by atoms with Gasteiger partial charge in [-0.05, 0) is 24.1 Å². The van der Waals surface area contributed by atoms with E-state index in [1.54, 1.807) is 0 Å². The summed E-state index contributed by atoms with van der Waals surface area (Å²) in [4.78, 5) is 4.70. The molecule has 0 saturated heterocycles. The molecule has 0 amide bonds. The van der Waals surface area contributed by atoms with Crippen molar-refractivity contribution in [3.8, 4) is 6.07 Å². The molecule has 92 valence electrons. The van der Waals surface area contributed by atoms with Gasteiger partial charge in [-0.15, -0.1) is 0 Å².